The van der Waals surface area contributed by atoms with Gasteiger partial charge in [0.15, 0.2) is 5.17 Å². The first-order valence-electron chi connectivity index (χ1n) is 5.78. The number of amidine groups is 1. The van der Waals surface area contributed by atoms with E-state index in [1.54, 1.807) is 26.0 Å². The zero-order chi connectivity index (χ0) is 13.2. The lowest BCUT2D eigenvalue weighted by Gasteiger charge is -2.08. The minimum Gasteiger partial charge on any atom is -0.497 e. The molecule has 0 atom stereocenters. The van der Waals surface area contributed by atoms with Crippen molar-refractivity contribution >= 4 is 46.6 Å². The van der Waals surface area contributed by atoms with Crippen LogP contribution in [0.25, 0.3) is 0 Å². The number of benzene rings is 1. The van der Waals surface area contributed by atoms with Crippen molar-refractivity contribution in [3.05, 3.63) is 24.3 Å². The number of rotatable bonds is 6. The zero-order valence-electron chi connectivity index (χ0n) is 11.5. The third-order valence-electron chi connectivity index (χ3n) is 2.30. The van der Waals surface area contributed by atoms with Crippen LogP contribution in [0, 0.1) is 0 Å². The van der Waals surface area contributed by atoms with E-state index in [9.17, 15) is 0 Å². The summed E-state index contributed by atoms with van der Waals surface area (Å²) in [5, 5.41) is 4.19. The maximum atomic E-state index is 5.12. The second-order valence-electron chi connectivity index (χ2n) is 3.59. The molecule has 0 unspecified atom stereocenters. The number of hydrogen-bond donors (Lipinski definition) is 1. The quantitative estimate of drug-likeness (QED) is 0.346. The molecule has 0 radical (unpaired) electrons. The molecule has 0 aliphatic carbocycles. The normalized spacial score (nSPS) is 10.8. The lowest BCUT2D eigenvalue weighted by molar-refractivity contribution is 0.197. The summed E-state index contributed by atoms with van der Waals surface area (Å²) in [7, 11) is 3.36. The van der Waals surface area contributed by atoms with Crippen molar-refractivity contribution in [1.82, 2.24) is 0 Å². The molecular formula is C13H21IN2O2S. The molecule has 0 saturated heterocycles. The summed E-state index contributed by atoms with van der Waals surface area (Å²) in [6.45, 7) is 1.51. The van der Waals surface area contributed by atoms with E-state index in [1.807, 2.05) is 30.5 Å². The Morgan fingerprint density at radius 1 is 1.26 bits per heavy atom. The molecule has 4 nitrogen and oxygen atoms in total. The van der Waals surface area contributed by atoms with Crippen molar-refractivity contribution < 1.29 is 9.47 Å². The maximum Gasteiger partial charge on any atom is 0.160 e. The lowest BCUT2D eigenvalue weighted by atomic mass is 10.3. The highest BCUT2D eigenvalue weighted by atomic mass is 127. The van der Waals surface area contributed by atoms with Crippen LogP contribution >= 0.6 is 35.7 Å². The lowest BCUT2D eigenvalue weighted by Crippen LogP contribution is -2.08. The van der Waals surface area contributed by atoms with Crippen LogP contribution in [0.15, 0.2) is 29.3 Å². The van der Waals surface area contributed by atoms with E-state index in [0.717, 1.165) is 36.2 Å². The van der Waals surface area contributed by atoms with E-state index < -0.39 is 0 Å². The molecule has 0 saturated carbocycles. The van der Waals surface area contributed by atoms with Gasteiger partial charge in [-0.1, -0.05) is 11.8 Å². The Kier molecular flexibility index (Phi) is 11.1. The van der Waals surface area contributed by atoms with Crippen molar-refractivity contribution in [2.24, 2.45) is 4.99 Å². The molecule has 1 rings (SSSR count). The molecule has 19 heavy (non-hydrogen) atoms. The molecule has 0 bridgehead atoms. The molecule has 1 aromatic rings. The van der Waals surface area contributed by atoms with Crippen LogP contribution in [-0.2, 0) is 4.74 Å². The molecule has 6 heteroatoms. The first-order chi connectivity index (χ1) is 8.80. The van der Waals surface area contributed by atoms with Gasteiger partial charge >= 0.3 is 0 Å². The Morgan fingerprint density at radius 3 is 2.47 bits per heavy atom. The van der Waals surface area contributed by atoms with Crippen LogP contribution in [-0.4, -0.2) is 38.8 Å². The second-order valence-corrected chi connectivity index (χ2v) is 4.39. The number of methoxy groups -OCH3 is 2. The summed E-state index contributed by atoms with van der Waals surface area (Å²) in [5.41, 5.74) is 1.01. The zero-order valence-corrected chi connectivity index (χ0v) is 14.7. The highest BCUT2D eigenvalue weighted by molar-refractivity contribution is 14.0. The van der Waals surface area contributed by atoms with Crippen LogP contribution in [0.1, 0.15) is 6.42 Å². The summed E-state index contributed by atoms with van der Waals surface area (Å²) < 4.78 is 10.1. The van der Waals surface area contributed by atoms with Gasteiger partial charge in [0, 0.05) is 25.9 Å². The van der Waals surface area contributed by atoms with Crippen molar-refractivity contribution in [2.45, 2.75) is 6.42 Å². The Hall–Kier alpha value is -0.470. The Morgan fingerprint density at radius 2 is 1.95 bits per heavy atom. The van der Waals surface area contributed by atoms with Crippen LogP contribution in [0.4, 0.5) is 5.69 Å². The number of thioether (sulfide) groups is 1. The number of hydrogen-bond acceptors (Lipinski definition) is 4. The van der Waals surface area contributed by atoms with Gasteiger partial charge in [-0.3, -0.25) is 4.99 Å². The van der Waals surface area contributed by atoms with Gasteiger partial charge in [-0.2, -0.15) is 0 Å². The third-order valence-corrected chi connectivity index (χ3v) is 2.91. The molecule has 0 spiro atoms. The van der Waals surface area contributed by atoms with Gasteiger partial charge in [0.2, 0.25) is 0 Å². The van der Waals surface area contributed by atoms with Crippen LogP contribution < -0.4 is 10.1 Å². The van der Waals surface area contributed by atoms with Crippen molar-refractivity contribution in [1.29, 1.82) is 0 Å². The molecule has 1 aromatic carbocycles. The molecule has 1 N–H and O–H groups in total. The monoisotopic (exact) mass is 396 g/mol. The minimum atomic E-state index is 0. The fourth-order valence-corrected chi connectivity index (χ4v) is 1.78. The molecule has 108 valence electrons. The van der Waals surface area contributed by atoms with E-state index in [-0.39, 0.29) is 24.0 Å². The van der Waals surface area contributed by atoms with Gasteiger partial charge in [-0.25, -0.2) is 0 Å². The van der Waals surface area contributed by atoms with Crippen molar-refractivity contribution in [2.75, 3.05) is 38.9 Å². The fraction of sp³-hybridized carbons (Fsp3) is 0.462. The first-order valence-corrected chi connectivity index (χ1v) is 7.01. The highest BCUT2D eigenvalue weighted by Gasteiger charge is 1.98. The van der Waals surface area contributed by atoms with Gasteiger partial charge < -0.3 is 14.8 Å². The smallest absolute Gasteiger partial charge is 0.160 e. The standard InChI is InChI=1S/C13H20N2O2S.HI/c1-16-10-4-9-14-13(18-3)15-11-5-7-12(17-2)8-6-11;/h5-8H,4,9-10H2,1-3H3,(H,14,15);1H. The van der Waals surface area contributed by atoms with E-state index in [0.29, 0.717) is 0 Å². The van der Waals surface area contributed by atoms with E-state index >= 15 is 0 Å². The van der Waals surface area contributed by atoms with E-state index in [1.165, 1.54) is 0 Å². The van der Waals surface area contributed by atoms with Crippen LogP contribution in [0.3, 0.4) is 0 Å². The maximum absolute atomic E-state index is 5.12. The molecule has 0 amide bonds. The molecule has 0 aromatic heterocycles. The molecular weight excluding hydrogens is 375 g/mol. The van der Waals surface area contributed by atoms with Crippen molar-refractivity contribution in [3.63, 3.8) is 0 Å². The highest BCUT2D eigenvalue weighted by Crippen LogP contribution is 2.16. The number of halogens is 1. The molecule has 0 aliphatic heterocycles. The van der Waals surface area contributed by atoms with Gasteiger partial charge in [-0.05, 0) is 36.9 Å². The van der Waals surface area contributed by atoms with E-state index in [4.69, 9.17) is 9.47 Å². The Balaban J connectivity index is 0.00000324. The Labute approximate surface area is 136 Å². The van der Waals surface area contributed by atoms with Gasteiger partial charge in [0.1, 0.15) is 5.75 Å². The number of aliphatic imine (C=N–C) groups is 1. The number of anilines is 1. The predicted octanol–water partition coefficient (Wildman–Crippen LogP) is 3.48. The molecule has 0 fully saturated rings. The Bertz CT molecular complexity index is 371. The molecule has 0 aliphatic rings. The first kappa shape index (κ1) is 18.5. The second kappa shape index (κ2) is 11.4. The summed E-state index contributed by atoms with van der Waals surface area (Å²) in [6, 6.07) is 7.79. The van der Waals surface area contributed by atoms with Crippen molar-refractivity contribution in [3.8, 4) is 5.75 Å². The number of ether oxygens (including phenoxy) is 2. The molecule has 0 heterocycles. The topological polar surface area (TPSA) is 42.8 Å². The number of nitrogens with zero attached hydrogens (tertiary/aromatic N) is 1. The fourth-order valence-electron chi connectivity index (χ4n) is 1.34. The van der Waals surface area contributed by atoms with Gasteiger partial charge in [-0.15, -0.1) is 24.0 Å². The average Bonchev–Trinajstić information content (AvgIpc) is 2.43. The summed E-state index contributed by atoms with van der Waals surface area (Å²) in [6.07, 6.45) is 2.94. The summed E-state index contributed by atoms with van der Waals surface area (Å²) >= 11 is 1.60. The largest absolute Gasteiger partial charge is 0.497 e. The predicted molar refractivity (Wildman–Crippen MR) is 94.3 cm³/mol. The SMILES string of the molecule is COCCCN=C(Nc1ccc(OC)cc1)SC.I. The van der Waals surface area contributed by atoms with Gasteiger partial charge in [0.25, 0.3) is 0 Å². The minimum absolute atomic E-state index is 0. The summed E-state index contributed by atoms with van der Waals surface area (Å²) in [5.74, 6) is 0.850. The van der Waals surface area contributed by atoms with Crippen LogP contribution in [0.5, 0.6) is 5.75 Å². The summed E-state index contributed by atoms with van der Waals surface area (Å²) in [4.78, 5) is 4.47. The van der Waals surface area contributed by atoms with E-state index in [2.05, 4.69) is 10.3 Å². The third kappa shape index (κ3) is 7.64. The average molecular weight is 396 g/mol. The number of nitrogens with one attached hydrogen (secondary N) is 1. The van der Waals surface area contributed by atoms with Crippen LogP contribution in [0.2, 0.25) is 0 Å². The van der Waals surface area contributed by atoms with Gasteiger partial charge in [0.05, 0.1) is 7.11 Å².